The Morgan fingerprint density at radius 3 is 3.06 bits per heavy atom. The summed E-state index contributed by atoms with van der Waals surface area (Å²) in [5.74, 6) is 1.14. The third-order valence-electron chi connectivity index (χ3n) is 3.02. The summed E-state index contributed by atoms with van der Waals surface area (Å²) in [6.07, 6.45) is 0.771. The van der Waals surface area contributed by atoms with Gasteiger partial charge in [-0.25, -0.2) is 0 Å². The maximum atomic E-state index is 11.4. The number of rotatable bonds is 4. The molecular weight excluding hydrogens is 236 g/mol. The number of nitrogens with one attached hydrogen (secondary N) is 1. The zero-order valence-electron chi connectivity index (χ0n) is 10.8. The number of methoxy groups -OCH3 is 1. The van der Waals surface area contributed by atoms with Gasteiger partial charge >= 0.3 is 0 Å². The lowest BCUT2D eigenvalue weighted by molar-refractivity contribution is -0.125. The number of hydrogen-bond donors (Lipinski definition) is 1. The molecule has 1 amide bonds. The van der Waals surface area contributed by atoms with Crippen molar-refractivity contribution in [1.29, 1.82) is 0 Å². The highest BCUT2D eigenvalue weighted by Gasteiger charge is 2.34. The minimum absolute atomic E-state index is 0.0686. The van der Waals surface area contributed by atoms with Gasteiger partial charge in [0.15, 0.2) is 5.82 Å². The molecule has 0 spiro atoms. The molecule has 1 aliphatic rings. The number of amides is 1. The van der Waals surface area contributed by atoms with Crippen molar-refractivity contribution in [3.05, 3.63) is 11.7 Å². The van der Waals surface area contributed by atoms with Crippen LogP contribution in [0.5, 0.6) is 0 Å². The minimum atomic E-state index is -0.0988. The van der Waals surface area contributed by atoms with Crippen LogP contribution in [0.3, 0.4) is 0 Å². The number of nitrogens with zero attached hydrogens (tertiary/aromatic N) is 3. The number of likely N-dealkylation sites (N-methyl/N-ethyl adjacent to an activating group) is 1. The molecule has 2 heterocycles. The molecule has 0 aliphatic carbocycles. The maximum absolute atomic E-state index is 11.4. The van der Waals surface area contributed by atoms with Crippen LogP contribution in [0.25, 0.3) is 0 Å². The fourth-order valence-electron chi connectivity index (χ4n) is 2.24. The van der Waals surface area contributed by atoms with E-state index >= 15 is 0 Å². The molecule has 2 atom stereocenters. The van der Waals surface area contributed by atoms with E-state index in [1.165, 1.54) is 7.11 Å². The average molecular weight is 254 g/mol. The van der Waals surface area contributed by atoms with E-state index in [0.717, 1.165) is 13.0 Å². The number of aromatic nitrogens is 2. The Morgan fingerprint density at radius 2 is 2.44 bits per heavy atom. The Kier molecular flexibility index (Phi) is 3.93. The first-order valence-electron chi connectivity index (χ1n) is 5.89. The fraction of sp³-hybridized carbons (Fsp3) is 0.727. The van der Waals surface area contributed by atoms with Crippen LogP contribution in [-0.4, -0.2) is 54.3 Å². The normalized spacial score (nSPS) is 24.4. The third-order valence-corrected chi connectivity index (χ3v) is 3.02. The first-order valence-corrected chi connectivity index (χ1v) is 5.89. The molecule has 0 saturated carbocycles. The van der Waals surface area contributed by atoms with Crippen LogP contribution in [0, 0.1) is 6.92 Å². The summed E-state index contributed by atoms with van der Waals surface area (Å²) in [5.41, 5.74) is 0. The topological polar surface area (TPSA) is 80.5 Å². The summed E-state index contributed by atoms with van der Waals surface area (Å²) in [4.78, 5) is 17.8. The van der Waals surface area contributed by atoms with Crippen LogP contribution in [0.1, 0.15) is 24.2 Å². The fourth-order valence-corrected chi connectivity index (χ4v) is 2.24. The van der Waals surface area contributed by atoms with E-state index in [9.17, 15) is 4.79 Å². The Morgan fingerprint density at radius 1 is 1.67 bits per heavy atom. The second-order valence-electron chi connectivity index (χ2n) is 4.57. The van der Waals surface area contributed by atoms with E-state index in [2.05, 4.69) is 20.4 Å². The van der Waals surface area contributed by atoms with Gasteiger partial charge in [0.25, 0.3) is 0 Å². The van der Waals surface area contributed by atoms with Crippen molar-refractivity contribution in [2.24, 2.45) is 0 Å². The van der Waals surface area contributed by atoms with Gasteiger partial charge in [0, 0.05) is 19.7 Å². The summed E-state index contributed by atoms with van der Waals surface area (Å²) in [5, 5.41) is 6.71. The molecule has 1 aromatic heterocycles. The number of ether oxygens (including phenoxy) is 1. The molecule has 0 aromatic carbocycles. The molecule has 1 saturated heterocycles. The summed E-state index contributed by atoms with van der Waals surface area (Å²) in [7, 11) is 3.48. The second-order valence-corrected chi connectivity index (χ2v) is 4.57. The molecule has 0 unspecified atom stereocenters. The number of hydrogen-bond acceptors (Lipinski definition) is 6. The van der Waals surface area contributed by atoms with Gasteiger partial charge in [0.1, 0.15) is 6.61 Å². The summed E-state index contributed by atoms with van der Waals surface area (Å²) in [6, 6.07) is 0.161. The lowest BCUT2D eigenvalue weighted by Crippen LogP contribution is -2.38. The molecule has 7 nitrogen and oxygen atoms in total. The van der Waals surface area contributed by atoms with E-state index in [1.807, 2.05) is 7.05 Å². The van der Waals surface area contributed by atoms with Crippen LogP contribution < -0.4 is 5.32 Å². The second kappa shape index (κ2) is 5.45. The lowest BCUT2D eigenvalue weighted by atomic mass is 10.1. The van der Waals surface area contributed by atoms with Crippen LogP contribution >= 0.6 is 0 Å². The van der Waals surface area contributed by atoms with Crippen LogP contribution in [0.2, 0.25) is 0 Å². The first-order chi connectivity index (χ1) is 8.60. The molecule has 7 heteroatoms. The lowest BCUT2D eigenvalue weighted by Gasteiger charge is -2.14. The zero-order valence-corrected chi connectivity index (χ0v) is 10.8. The van der Waals surface area contributed by atoms with Gasteiger partial charge in [-0.3, -0.25) is 9.69 Å². The van der Waals surface area contributed by atoms with Gasteiger partial charge in [-0.15, -0.1) is 0 Å². The Labute approximate surface area is 105 Å². The third kappa shape index (κ3) is 2.85. The Balaban J connectivity index is 1.94. The summed E-state index contributed by atoms with van der Waals surface area (Å²) >= 11 is 0. The molecule has 100 valence electrons. The highest BCUT2D eigenvalue weighted by atomic mass is 16.5. The minimum Gasteiger partial charge on any atom is -0.375 e. The molecular formula is C11H18N4O3. The highest BCUT2D eigenvalue weighted by molar-refractivity contribution is 5.77. The molecule has 1 aliphatic heterocycles. The summed E-state index contributed by atoms with van der Waals surface area (Å²) in [6.45, 7) is 2.64. The maximum Gasteiger partial charge on any atom is 0.246 e. The van der Waals surface area contributed by atoms with E-state index < -0.39 is 0 Å². The SMILES string of the molecule is COCC(=O)N[C@H]1C[C@@H](c2nc(C)no2)N(C)C1. The van der Waals surface area contributed by atoms with Crippen LogP contribution in [0.4, 0.5) is 0 Å². The molecule has 18 heavy (non-hydrogen) atoms. The van der Waals surface area contributed by atoms with E-state index in [1.54, 1.807) is 6.92 Å². The number of carbonyl (C=O) groups excluding carboxylic acids is 1. The molecule has 1 aromatic rings. The van der Waals surface area contributed by atoms with E-state index in [0.29, 0.717) is 11.7 Å². The van der Waals surface area contributed by atoms with Crippen molar-refractivity contribution >= 4 is 5.91 Å². The Hall–Kier alpha value is -1.47. The molecule has 1 fully saturated rings. The quantitative estimate of drug-likeness (QED) is 0.807. The van der Waals surface area contributed by atoms with Crippen LogP contribution in [0.15, 0.2) is 4.52 Å². The van der Waals surface area contributed by atoms with Crippen molar-refractivity contribution in [3.8, 4) is 0 Å². The first kappa shape index (κ1) is 13.0. The van der Waals surface area contributed by atoms with Gasteiger partial charge in [0.05, 0.1) is 6.04 Å². The van der Waals surface area contributed by atoms with Crippen LogP contribution in [-0.2, 0) is 9.53 Å². The van der Waals surface area contributed by atoms with Crippen molar-refractivity contribution in [2.45, 2.75) is 25.4 Å². The molecule has 0 radical (unpaired) electrons. The molecule has 1 N–H and O–H groups in total. The van der Waals surface area contributed by atoms with Gasteiger partial charge < -0.3 is 14.6 Å². The van der Waals surface area contributed by atoms with E-state index in [-0.39, 0.29) is 24.6 Å². The summed E-state index contributed by atoms with van der Waals surface area (Å²) < 4.78 is 9.97. The standard InChI is InChI=1S/C11H18N4O3/c1-7-12-11(18-14-7)9-4-8(5-15(9)2)13-10(16)6-17-3/h8-9H,4-6H2,1-3H3,(H,13,16)/t8-,9-/m0/s1. The largest absolute Gasteiger partial charge is 0.375 e. The van der Waals surface area contributed by atoms with Gasteiger partial charge in [-0.2, -0.15) is 4.98 Å². The van der Waals surface area contributed by atoms with Crippen molar-refractivity contribution in [1.82, 2.24) is 20.4 Å². The van der Waals surface area contributed by atoms with E-state index in [4.69, 9.17) is 9.26 Å². The number of aryl methyl sites for hydroxylation is 1. The monoisotopic (exact) mass is 254 g/mol. The predicted octanol–water partition coefficient (Wildman–Crippen LogP) is -0.114. The number of likely N-dealkylation sites (tertiary alicyclic amines) is 1. The van der Waals surface area contributed by atoms with Gasteiger partial charge in [-0.1, -0.05) is 5.16 Å². The molecule has 0 bridgehead atoms. The predicted molar refractivity (Wildman–Crippen MR) is 62.8 cm³/mol. The smallest absolute Gasteiger partial charge is 0.246 e. The molecule has 2 rings (SSSR count). The van der Waals surface area contributed by atoms with Crippen molar-refractivity contribution < 1.29 is 14.1 Å². The van der Waals surface area contributed by atoms with Crippen molar-refractivity contribution in [3.63, 3.8) is 0 Å². The highest BCUT2D eigenvalue weighted by Crippen LogP contribution is 2.29. The average Bonchev–Trinajstić information content (AvgIpc) is 2.85. The number of carbonyl (C=O) groups is 1. The zero-order chi connectivity index (χ0) is 13.1. The van der Waals surface area contributed by atoms with Gasteiger partial charge in [-0.05, 0) is 20.4 Å². The Bertz CT molecular complexity index is 420. The van der Waals surface area contributed by atoms with Crippen molar-refractivity contribution in [2.75, 3.05) is 27.3 Å². The van der Waals surface area contributed by atoms with Gasteiger partial charge in [0.2, 0.25) is 11.8 Å².